The Morgan fingerprint density at radius 1 is 0.944 bits per heavy atom. The van der Waals surface area contributed by atoms with Crippen LogP contribution < -0.4 is 0 Å². The van der Waals surface area contributed by atoms with Gasteiger partial charge in [-0.05, 0) is 23.3 Å². The van der Waals surface area contributed by atoms with Crippen LogP contribution in [0.5, 0.6) is 0 Å². The molecule has 2 nitrogen and oxygen atoms in total. The summed E-state index contributed by atoms with van der Waals surface area (Å²) < 4.78 is 0. The Kier molecular flexibility index (Phi) is 4.42. The molecule has 0 aromatic heterocycles. The van der Waals surface area contributed by atoms with Crippen LogP contribution in [-0.4, -0.2) is 11.1 Å². The minimum Gasteiger partial charge on any atom is -0.481 e. The first kappa shape index (κ1) is 12.7. The van der Waals surface area contributed by atoms with Crippen molar-refractivity contribution >= 4 is 17.7 Å². The van der Waals surface area contributed by atoms with E-state index in [0.29, 0.717) is 0 Å². The number of aliphatic carboxylic acids is 1. The van der Waals surface area contributed by atoms with Gasteiger partial charge in [0.15, 0.2) is 0 Å². The number of benzene rings is 2. The third-order valence-corrected chi connectivity index (χ3v) is 3.66. The van der Waals surface area contributed by atoms with Gasteiger partial charge in [-0.3, -0.25) is 4.79 Å². The van der Waals surface area contributed by atoms with Crippen molar-refractivity contribution in [2.45, 2.75) is 17.1 Å². The van der Waals surface area contributed by atoms with Crippen LogP contribution in [0.3, 0.4) is 0 Å². The summed E-state index contributed by atoms with van der Waals surface area (Å²) in [5.41, 5.74) is 1.99. The highest BCUT2D eigenvalue weighted by molar-refractivity contribution is 7.98. The number of carboxylic acids is 1. The van der Waals surface area contributed by atoms with Crippen molar-refractivity contribution in [1.82, 2.24) is 0 Å². The van der Waals surface area contributed by atoms with Gasteiger partial charge in [0.2, 0.25) is 0 Å². The Morgan fingerprint density at radius 2 is 1.56 bits per heavy atom. The van der Waals surface area contributed by atoms with Gasteiger partial charge >= 0.3 is 5.97 Å². The lowest BCUT2D eigenvalue weighted by Crippen LogP contribution is -2.02. The molecule has 18 heavy (non-hydrogen) atoms. The summed E-state index contributed by atoms with van der Waals surface area (Å²) in [6.07, 6.45) is 0.0888. The predicted molar refractivity (Wildman–Crippen MR) is 73.8 cm³/mol. The minimum absolute atomic E-state index is 0.0888. The van der Waals surface area contributed by atoms with Crippen LogP contribution in [0.4, 0.5) is 0 Å². The quantitative estimate of drug-likeness (QED) is 0.832. The summed E-state index contributed by atoms with van der Waals surface area (Å²) in [5.74, 6) is 0.0140. The van der Waals surface area contributed by atoms with E-state index in [1.165, 1.54) is 4.90 Å². The number of hydrogen-bond donors (Lipinski definition) is 1. The van der Waals surface area contributed by atoms with E-state index in [4.69, 9.17) is 5.11 Å². The predicted octanol–water partition coefficient (Wildman–Crippen LogP) is 3.61. The lowest BCUT2D eigenvalue weighted by atomic mass is 10.1. The second-order valence-corrected chi connectivity index (χ2v) is 4.99. The Hall–Kier alpha value is -1.74. The molecule has 0 aliphatic heterocycles. The largest absolute Gasteiger partial charge is 0.481 e. The Labute approximate surface area is 111 Å². The third-order valence-electron chi connectivity index (χ3n) is 2.60. The van der Waals surface area contributed by atoms with Gasteiger partial charge in [-0.2, -0.15) is 0 Å². The lowest BCUT2D eigenvalue weighted by molar-refractivity contribution is -0.136. The molecule has 0 fully saturated rings. The lowest BCUT2D eigenvalue weighted by Gasteiger charge is -2.07. The second-order valence-electron chi connectivity index (χ2n) is 3.94. The summed E-state index contributed by atoms with van der Waals surface area (Å²) in [6.45, 7) is 0. The van der Waals surface area contributed by atoms with E-state index < -0.39 is 5.97 Å². The minimum atomic E-state index is -0.785. The zero-order valence-corrected chi connectivity index (χ0v) is 10.7. The molecule has 2 aromatic carbocycles. The van der Waals surface area contributed by atoms with E-state index in [2.05, 4.69) is 12.1 Å². The van der Waals surface area contributed by atoms with Crippen LogP contribution >= 0.6 is 11.8 Å². The van der Waals surface area contributed by atoms with Crippen LogP contribution in [0.25, 0.3) is 0 Å². The van der Waals surface area contributed by atoms with E-state index in [-0.39, 0.29) is 6.42 Å². The van der Waals surface area contributed by atoms with Crippen molar-refractivity contribution in [3.63, 3.8) is 0 Å². The molecular formula is C15H14O2S. The SMILES string of the molecule is O=C(O)Cc1ccccc1CSc1ccccc1. The first-order valence-electron chi connectivity index (χ1n) is 5.72. The molecule has 0 aliphatic carbocycles. The van der Waals surface area contributed by atoms with Gasteiger partial charge in [0.05, 0.1) is 6.42 Å². The van der Waals surface area contributed by atoms with Crippen LogP contribution in [-0.2, 0) is 17.0 Å². The smallest absolute Gasteiger partial charge is 0.307 e. The van der Waals surface area contributed by atoms with Gasteiger partial charge in [0.1, 0.15) is 0 Å². The standard InChI is InChI=1S/C15H14O2S/c16-15(17)10-12-6-4-5-7-13(12)11-18-14-8-2-1-3-9-14/h1-9H,10-11H2,(H,16,17). The average Bonchev–Trinajstić information content (AvgIpc) is 2.38. The maximum absolute atomic E-state index is 10.8. The number of carboxylic acid groups (broad SMARTS) is 1. The Balaban J connectivity index is 2.07. The molecular weight excluding hydrogens is 244 g/mol. The van der Waals surface area contributed by atoms with Crippen molar-refractivity contribution < 1.29 is 9.90 Å². The second kappa shape index (κ2) is 6.26. The molecule has 3 heteroatoms. The Morgan fingerprint density at radius 3 is 2.22 bits per heavy atom. The molecule has 0 spiro atoms. The third kappa shape index (κ3) is 3.64. The van der Waals surface area contributed by atoms with Gasteiger partial charge in [0.25, 0.3) is 0 Å². The average molecular weight is 258 g/mol. The maximum atomic E-state index is 10.8. The highest BCUT2D eigenvalue weighted by Crippen LogP contribution is 2.24. The normalized spacial score (nSPS) is 10.2. The van der Waals surface area contributed by atoms with Crippen LogP contribution in [0.2, 0.25) is 0 Å². The van der Waals surface area contributed by atoms with E-state index in [0.717, 1.165) is 16.9 Å². The first-order valence-corrected chi connectivity index (χ1v) is 6.70. The first-order chi connectivity index (χ1) is 8.75. The molecule has 0 saturated carbocycles. The molecule has 1 N–H and O–H groups in total. The fourth-order valence-corrected chi connectivity index (χ4v) is 2.66. The molecule has 92 valence electrons. The van der Waals surface area contributed by atoms with Gasteiger partial charge in [-0.25, -0.2) is 0 Å². The fraction of sp³-hybridized carbons (Fsp3) is 0.133. The van der Waals surface area contributed by atoms with Crippen LogP contribution in [0, 0.1) is 0 Å². The zero-order chi connectivity index (χ0) is 12.8. The summed E-state index contributed by atoms with van der Waals surface area (Å²) in [6, 6.07) is 17.8. The fourth-order valence-electron chi connectivity index (χ4n) is 1.71. The van der Waals surface area contributed by atoms with Crippen molar-refractivity contribution in [2.24, 2.45) is 0 Å². The molecule has 0 radical (unpaired) electrons. The van der Waals surface area contributed by atoms with E-state index in [9.17, 15) is 4.79 Å². The van der Waals surface area contributed by atoms with Crippen molar-refractivity contribution in [3.8, 4) is 0 Å². The summed E-state index contributed by atoms with van der Waals surface area (Å²) >= 11 is 1.72. The monoisotopic (exact) mass is 258 g/mol. The van der Waals surface area contributed by atoms with Gasteiger partial charge < -0.3 is 5.11 Å². The molecule has 0 saturated heterocycles. The summed E-state index contributed by atoms with van der Waals surface area (Å²) in [5, 5.41) is 8.87. The molecule has 0 aliphatic rings. The van der Waals surface area contributed by atoms with E-state index >= 15 is 0 Å². The van der Waals surface area contributed by atoms with Crippen molar-refractivity contribution in [1.29, 1.82) is 0 Å². The summed E-state index contributed by atoms with van der Waals surface area (Å²) in [7, 11) is 0. The molecule has 0 amide bonds. The molecule has 0 atom stereocenters. The molecule has 0 unspecified atom stereocenters. The topological polar surface area (TPSA) is 37.3 Å². The molecule has 2 aromatic rings. The van der Waals surface area contributed by atoms with Gasteiger partial charge in [-0.15, -0.1) is 11.8 Å². The van der Waals surface area contributed by atoms with E-state index in [1.807, 2.05) is 42.5 Å². The van der Waals surface area contributed by atoms with Gasteiger partial charge in [-0.1, -0.05) is 42.5 Å². The highest BCUT2D eigenvalue weighted by atomic mass is 32.2. The number of thioether (sulfide) groups is 1. The van der Waals surface area contributed by atoms with Gasteiger partial charge in [0, 0.05) is 10.6 Å². The van der Waals surface area contributed by atoms with Crippen molar-refractivity contribution in [3.05, 3.63) is 65.7 Å². The number of rotatable bonds is 5. The number of carbonyl (C=O) groups is 1. The molecule has 2 rings (SSSR count). The maximum Gasteiger partial charge on any atom is 0.307 e. The van der Waals surface area contributed by atoms with Crippen LogP contribution in [0.1, 0.15) is 11.1 Å². The number of hydrogen-bond acceptors (Lipinski definition) is 2. The highest BCUT2D eigenvalue weighted by Gasteiger charge is 2.06. The molecule has 0 bridgehead atoms. The molecule has 0 heterocycles. The summed E-state index contributed by atoms with van der Waals surface area (Å²) in [4.78, 5) is 12.0. The zero-order valence-electron chi connectivity index (χ0n) is 9.87. The van der Waals surface area contributed by atoms with Crippen molar-refractivity contribution in [2.75, 3.05) is 0 Å². The van der Waals surface area contributed by atoms with Crippen LogP contribution in [0.15, 0.2) is 59.5 Å². The Bertz CT molecular complexity index is 523. The van der Waals surface area contributed by atoms with E-state index in [1.54, 1.807) is 11.8 Å².